The number of nitrogens with two attached hydrogens (primary N) is 1. The van der Waals surface area contributed by atoms with E-state index in [0.29, 0.717) is 18.9 Å². The van der Waals surface area contributed by atoms with Gasteiger partial charge in [0.15, 0.2) is 0 Å². The SMILES string of the molecule is CCCCN(CC(F)(F)F)C(=O)C[C@@H](CN)CC(C)C. The first-order valence-corrected chi connectivity index (χ1v) is 7.24. The van der Waals surface area contributed by atoms with Gasteiger partial charge in [-0.05, 0) is 31.2 Å². The summed E-state index contributed by atoms with van der Waals surface area (Å²) in [6, 6.07) is 0. The molecule has 0 unspecified atom stereocenters. The molecule has 20 heavy (non-hydrogen) atoms. The Labute approximate surface area is 119 Å². The molecule has 3 nitrogen and oxygen atoms in total. The Morgan fingerprint density at radius 2 is 1.90 bits per heavy atom. The predicted molar refractivity (Wildman–Crippen MR) is 74.2 cm³/mol. The summed E-state index contributed by atoms with van der Waals surface area (Å²) in [7, 11) is 0. The third-order valence-corrected chi connectivity index (χ3v) is 3.11. The van der Waals surface area contributed by atoms with Gasteiger partial charge in [-0.25, -0.2) is 0 Å². The lowest BCUT2D eigenvalue weighted by molar-refractivity contribution is -0.162. The normalized spacial score (nSPS) is 13.6. The summed E-state index contributed by atoms with van der Waals surface area (Å²) in [6.45, 7) is 5.24. The van der Waals surface area contributed by atoms with E-state index in [9.17, 15) is 18.0 Å². The van der Waals surface area contributed by atoms with Crippen LogP contribution in [0.1, 0.15) is 46.5 Å². The van der Waals surface area contributed by atoms with E-state index in [1.807, 2.05) is 20.8 Å². The number of rotatable bonds is 9. The maximum absolute atomic E-state index is 12.5. The Balaban J connectivity index is 4.58. The van der Waals surface area contributed by atoms with Crippen LogP contribution in [-0.2, 0) is 4.79 Å². The van der Waals surface area contributed by atoms with Gasteiger partial charge in [0.2, 0.25) is 5.91 Å². The molecular weight excluding hydrogens is 269 g/mol. The molecule has 0 aliphatic heterocycles. The molecule has 2 N–H and O–H groups in total. The average Bonchev–Trinajstić information content (AvgIpc) is 2.31. The van der Waals surface area contributed by atoms with Crippen LogP contribution in [0.5, 0.6) is 0 Å². The number of halogens is 3. The van der Waals surface area contributed by atoms with Crippen molar-refractivity contribution < 1.29 is 18.0 Å². The molecule has 1 amide bonds. The smallest absolute Gasteiger partial charge is 0.334 e. The third kappa shape index (κ3) is 9.18. The summed E-state index contributed by atoms with van der Waals surface area (Å²) in [5.74, 6) is -0.102. The molecule has 0 spiro atoms. The number of carbonyl (C=O) groups is 1. The fourth-order valence-corrected chi connectivity index (χ4v) is 2.16. The van der Waals surface area contributed by atoms with Crippen LogP contribution >= 0.6 is 0 Å². The van der Waals surface area contributed by atoms with E-state index in [1.54, 1.807) is 0 Å². The minimum atomic E-state index is -4.35. The molecule has 0 aliphatic rings. The summed E-state index contributed by atoms with van der Waals surface area (Å²) in [5, 5.41) is 0. The van der Waals surface area contributed by atoms with Gasteiger partial charge in [-0.3, -0.25) is 4.79 Å². The number of hydrogen-bond acceptors (Lipinski definition) is 2. The van der Waals surface area contributed by atoms with Crippen molar-refractivity contribution in [3.05, 3.63) is 0 Å². The van der Waals surface area contributed by atoms with Gasteiger partial charge >= 0.3 is 6.18 Å². The van der Waals surface area contributed by atoms with Crippen molar-refractivity contribution in [3.63, 3.8) is 0 Å². The van der Waals surface area contributed by atoms with Crippen LogP contribution in [0, 0.1) is 11.8 Å². The zero-order valence-electron chi connectivity index (χ0n) is 12.7. The Kier molecular flexibility index (Phi) is 8.85. The van der Waals surface area contributed by atoms with E-state index in [4.69, 9.17) is 5.73 Å². The summed E-state index contributed by atoms with van der Waals surface area (Å²) >= 11 is 0. The van der Waals surface area contributed by atoms with Crippen LogP contribution in [0.15, 0.2) is 0 Å². The zero-order valence-corrected chi connectivity index (χ0v) is 12.7. The molecule has 0 saturated heterocycles. The standard InChI is InChI=1S/C14H27F3N2O/c1-4-5-6-19(10-14(15,16)17)13(20)8-12(9-18)7-11(2)3/h11-12H,4-10,18H2,1-3H3/t12-/m0/s1. The van der Waals surface area contributed by atoms with Gasteiger partial charge in [-0.2, -0.15) is 13.2 Å². The third-order valence-electron chi connectivity index (χ3n) is 3.11. The van der Waals surface area contributed by atoms with Crippen LogP contribution in [0.2, 0.25) is 0 Å². The minimum Gasteiger partial charge on any atom is -0.334 e. The van der Waals surface area contributed by atoms with E-state index in [-0.39, 0.29) is 18.9 Å². The predicted octanol–water partition coefficient (Wildman–Crippen LogP) is 3.19. The minimum absolute atomic E-state index is 0.0418. The highest BCUT2D eigenvalue weighted by molar-refractivity contribution is 5.76. The van der Waals surface area contributed by atoms with Crippen LogP contribution in [0.4, 0.5) is 13.2 Å². The molecule has 0 aromatic carbocycles. The van der Waals surface area contributed by atoms with E-state index in [2.05, 4.69) is 0 Å². The van der Waals surface area contributed by atoms with E-state index in [0.717, 1.165) is 17.7 Å². The maximum Gasteiger partial charge on any atom is 0.406 e. The lowest BCUT2D eigenvalue weighted by Gasteiger charge is -2.26. The lowest BCUT2D eigenvalue weighted by Crippen LogP contribution is -2.41. The van der Waals surface area contributed by atoms with Crippen molar-refractivity contribution in [2.75, 3.05) is 19.6 Å². The average molecular weight is 296 g/mol. The molecule has 1 atom stereocenters. The van der Waals surface area contributed by atoms with Gasteiger partial charge < -0.3 is 10.6 Å². The Bertz CT molecular complexity index is 280. The quantitative estimate of drug-likeness (QED) is 0.710. The summed E-state index contributed by atoms with van der Waals surface area (Å²) < 4.78 is 37.5. The molecule has 0 heterocycles. The highest BCUT2D eigenvalue weighted by Crippen LogP contribution is 2.20. The number of unbranched alkanes of at least 4 members (excludes halogenated alkanes) is 1. The summed E-state index contributed by atoms with van der Waals surface area (Å²) in [4.78, 5) is 13.0. The van der Waals surface area contributed by atoms with Gasteiger partial charge in [0.05, 0.1) is 0 Å². The number of hydrogen-bond donors (Lipinski definition) is 1. The van der Waals surface area contributed by atoms with Crippen molar-refractivity contribution in [1.29, 1.82) is 0 Å². The van der Waals surface area contributed by atoms with Gasteiger partial charge in [0, 0.05) is 13.0 Å². The van der Waals surface area contributed by atoms with Crippen molar-refractivity contribution in [2.24, 2.45) is 17.6 Å². The molecule has 120 valence electrons. The van der Waals surface area contributed by atoms with E-state index < -0.39 is 18.6 Å². The summed E-state index contributed by atoms with van der Waals surface area (Å²) in [6.07, 6.45) is -2.14. The van der Waals surface area contributed by atoms with Crippen LogP contribution in [-0.4, -0.2) is 36.6 Å². The number of carbonyl (C=O) groups excluding carboxylic acids is 1. The number of alkyl halides is 3. The zero-order chi connectivity index (χ0) is 15.8. The fraction of sp³-hybridized carbons (Fsp3) is 0.929. The monoisotopic (exact) mass is 296 g/mol. The molecule has 0 aliphatic carbocycles. The molecular formula is C14H27F3N2O. The number of nitrogens with zero attached hydrogens (tertiary/aromatic N) is 1. The second kappa shape index (κ2) is 9.21. The van der Waals surface area contributed by atoms with E-state index in [1.165, 1.54) is 0 Å². The Hall–Kier alpha value is -0.780. The van der Waals surface area contributed by atoms with E-state index >= 15 is 0 Å². The molecule has 0 saturated carbocycles. The Morgan fingerprint density at radius 3 is 2.30 bits per heavy atom. The number of amides is 1. The van der Waals surface area contributed by atoms with Crippen molar-refractivity contribution >= 4 is 5.91 Å². The second-order valence-electron chi connectivity index (χ2n) is 5.72. The van der Waals surface area contributed by atoms with Crippen molar-refractivity contribution in [3.8, 4) is 0 Å². The van der Waals surface area contributed by atoms with Gasteiger partial charge in [-0.1, -0.05) is 27.2 Å². The molecule has 0 aromatic rings. The molecule has 0 rings (SSSR count). The molecule has 6 heteroatoms. The first-order chi connectivity index (χ1) is 9.19. The topological polar surface area (TPSA) is 46.3 Å². The first-order valence-electron chi connectivity index (χ1n) is 7.24. The van der Waals surface area contributed by atoms with Crippen molar-refractivity contribution in [2.45, 2.75) is 52.6 Å². The highest BCUT2D eigenvalue weighted by Gasteiger charge is 2.33. The molecule has 0 bridgehead atoms. The highest BCUT2D eigenvalue weighted by atomic mass is 19.4. The summed E-state index contributed by atoms with van der Waals surface area (Å²) in [5.41, 5.74) is 5.60. The van der Waals surface area contributed by atoms with Crippen molar-refractivity contribution in [1.82, 2.24) is 4.90 Å². The van der Waals surface area contributed by atoms with Gasteiger partial charge in [0.1, 0.15) is 6.54 Å². The fourth-order valence-electron chi connectivity index (χ4n) is 2.16. The molecule has 0 aromatic heterocycles. The van der Waals surface area contributed by atoms with Crippen LogP contribution in [0.3, 0.4) is 0 Å². The van der Waals surface area contributed by atoms with Crippen LogP contribution < -0.4 is 5.73 Å². The maximum atomic E-state index is 12.5. The van der Waals surface area contributed by atoms with Gasteiger partial charge in [-0.15, -0.1) is 0 Å². The first kappa shape index (κ1) is 19.2. The Morgan fingerprint density at radius 1 is 1.30 bits per heavy atom. The lowest BCUT2D eigenvalue weighted by atomic mass is 9.93. The molecule has 0 fully saturated rings. The largest absolute Gasteiger partial charge is 0.406 e. The molecule has 0 radical (unpaired) electrons. The second-order valence-corrected chi connectivity index (χ2v) is 5.72. The van der Waals surface area contributed by atoms with Gasteiger partial charge in [0.25, 0.3) is 0 Å². The van der Waals surface area contributed by atoms with Crippen LogP contribution in [0.25, 0.3) is 0 Å².